The smallest absolute Gasteiger partial charge is 0.252 e. The molecule has 2 aliphatic heterocycles. The van der Waals surface area contributed by atoms with E-state index in [9.17, 15) is 9.59 Å². The van der Waals surface area contributed by atoms with Gasteiger partial charge in [-0.25, -0.2) is 0 Å². The average Bonchev–Trinajstić information content (AvgIpc) is 3.37. The second-order valence-electron chi connectivity index (χ2n) is 11.3. The molecule has 2 aromatic rings. The Morgan fingerprint density at radius 1 is 0.944 bits per heavy atom. The summed E-state index contributed by atoms with van der Waals surface area (Å²) < 4.78 is 0. The van der Waals surface area contributed by atoms with Crippen molar-refractivity contribution >= 4 is 35.1 Å². The Morgan fingerprint density at radius 2 is 1.61 bits per heavy atom. The Hall–Kier alpha value is -2.05. The van der Waals surface area contributed by atoms with Crippen LogP contribution in [0.25, 0.3) is 10.9 Å². The maximum absolute atomic E-state index is 13.7. The lowest BCUT2D eigenvalue weighted by Crippen LogP contribution is -2.52. The van der Waals surface area contributed by atoms with Crippen molar-refractivity contribution in [2.45, 2.75) is 70.3 Å². The molecule has 0 radical (unpaired) electrons. The molecule has 7 heteroatoms. The summed E-state index contributed by atoms with van der Waals surface area (Å²) >= 11 is 0. The maximum atomic E-state index is 13.7. The van der Waals surface area contributed by atoms with Crippen molar-refractivity contribution in [1.82, 2.24) is 20.1 Å². The van der Waals surface area contributed by atoms with Gasteiger partial charge in [-0.15, -0.1) is 12.4 Å². The largest absolute Gasteiger partial charge is 0.361 e. The van der Waals surface area contributed by atoms with E-state index in [-0.39, 0.29) is 24.2 Å². The maximum Gasteiger partial charge on any atom is 0.252 e. The Morgan fingerprint density at radius 3 is 2.31 bits per heavy atom. The summed E-state index contributed by atoms with van der Waals surface area (Å²) in [7, 11) is 2.22. The highest BCUT2D eigenvalue weighted by Crippen LogP contribution is 2.33. The van der Waals surface area contributed by atoms with Crippen molar-refractivity contribution in [1.29, 1.82) is 0 Å². The van der Waals surface area contributed by atoms with Gasteiger partial charge in [0.2, 0.25) is 5.91 Å². The minimum absolute atomic E-state index is 0. The van der Waals surface area contributed by atoms with Crippen LogP contribution in [0.5, 0.6) is 0 Å². The first-order valence-corrected chi connectivity index (χ1v) is 13.9. The molecule has 0 unspecified atom stereocenters. The van der Waals surface area contributed by atoms with Gasteiger partial charge < -0.3 is 20.1 Å². The van der Waals surface area contributed by atoms with Crippen molar-refractivity contribution in [2.24, 2.45) is 17.8 Å². The van der Waals surface area contributed by atoms with Crippen LogP contribution in [-0.4, -0.2) is 65.9 Å². The molecule has 2 amide bonds. The number of H-pyrrole nitrogens is 1. The number of aromatic nitrogens is 1. The molecule has 1 atom stereocenters. The molecule has 36 heavy (non-hydrogen) atoms. The molecule has 3 aliphatic rings. The molecule has 1 aromatic heterocycles. The highest BCUT2D eigenvalue weighted by molar-refractivity contribution is 6.00. The van der Waals surface area contributed by atoms with Crippen LogP contribution in [0.15, 0.2) is 30.5 Å². The van der Waals surface area contributed by atoms with Crippen LogP contribution < -0.4 is 5.32 Å². The fourth-order valence-electron chi connectivity index (χ4n) is 6.72. The number of hydrogen-bond acceptors (Lipinski definition) is 3. The third-order valence-electron chi connectivity index (χ3n) is 9.00. The topological polar surface area (TPSA) is 68.4 Å². The molecule has 2 saturated heterocycles. The quantitative estimate of drug-likeness (QED) is 0.554. The Kier molecular flexibility index (Phi) is 9.35. The van der Waals surface area contributed by atoms with E-state index in [2.05, 4.69) is 22.2 Å². The van der Waals surface area contributed by atoms with Crippen molar-refractivity contribution < 1.29 is 9.59 Å². The summed E-state index contributed by atoms with van der Waals surface area (Å²) in [6.45, 7) is 4.07. The number of hydrogen-bond donors (Lipinski definition) is 2. The summed E-state index contributed by atoms with van der Waals surface area (Å²) in [5, 5.41) is 4.25. The monoisotopic (exact) mass is 514 g/mol. The number of likely N-dealkylation sites (tertiary alicyclic amines) is 2. The third kappa shape index (κ3) is 6.44. The first-order valence-electron chi connectivity index (χ1n) is 13.9. The molecule has 3 fully saturated rings. The molecule has 0 bridgehead atoms. The van der Waals surface area contributed by atoms with Gasteiger partial charge in [0, 0.05) is 30.4 Å². The molecule has 1 aromatic carbocycles. The van der Waals surface area contributed by atoms with Gasteiger partial charge in [-0.3, -0.25) is 9.59 Å². The van der Waals surface area contributed by atoms with Gasteiger partial charge in [0.05, 0.1) is 0 Å². The first-order chi connectivity index (χ1) is 17.1. The lowest BCUT2D eigenvalue weighted by molar-refractivity contribution is -0.135. The van der Waals surface area contributed by atoms with Gasteiger partial charge in [-0.05, 0) is 93.6 Å². The summed E-state index contributed by atoms with van der Waals surface area (Å²) in [5.74, 6) is 2.07. The van der Waals surface area contributed by atoms with E-state index in [4.69, 9.17) is 0 Å². The van der Waals surface area contributed by atoms with Gasteiger partial charge >= 0.3 is 0 Å². The van der Waals surface area contributed by atoms with Gasteiger partial charge in [0.15, 0.2) is 0 Å². The molecule has 198 valence electrons. The second kappa shape index (κ2) is 12.5. The number of benzene rings is 1. The lowest BCUT2D eigenvalue weighted by Gasteiger charge is -2.40. The van der Waals surface area contributed by atoms with E-state index in [0.29, 0.717) is 11.5 Å². The standard InChI is InChI=1S/C29H42N4O2.ClH/c1-32-15-10-22(11-16-32)23-12-17-33(18-13-23)29(35)27(19-21-5-3-2-4-6-21)31-28(34)25-8-7-24-9-14-30-26(24)20-25;/h7-9,14,20-23,27,30H,2-6,10-13,15-19H2,1H3,(H,31,34);1H/t27-;/m1./s1. The number of carbonyl (C=O) groups is 2. The van der Waals surface area contributed by atoms with Crippen LogP contribution in [0.3, 0.4) is 0 Å². The van der Waals surface area contributed by atoms with Crippen LogP contribution in [0.2, 0.25) is 0 Å². The summed E-state index contributed by atoms with van der Waals surface area (Å²) in [6.07, 6.45) is 13.6. The van der Waals surface area contributed by atoms with Gasteiger partial charge in [-0.2, -0.15) is 0 Å². The highest BCUT2D eigenvalue weighted by Gasteiger charge is 2.34. The predicted molar refractivity (Wildman–Crippen MR) is 148 cm³/mol. The number of nitrogens with one attached hydrogen (secondary N) is 2. The number of rotatable bonds is 6. The number of nitrogens with zero attached hydrogens (tertiary/aromatic N) is 2. The number of carbonyl (C=O) groups excluding carboxylic acids is 2. The molecule has 3 heterocycles. The van der Waals surface area contributed by atoms with E-state index in [1.54, 1.807) is 0 Å². The predicted octanol–water partition coefficient (Wildman–Crippen LogP) is 5.24. The highest BCUT2D eigenvalue weighted by atomic mass is 35.5. The summed E-state index contributed by atoms with van der Waals surface area (Å²) in [4.78, 5) is 34.6. The number of halogens is 1. The number of amides is 2. The fourth-order valence-corrected chi connectivity index (χ4v) is 6.72. The number of aromatic amines is 1. The zero-order valence-electron chi connectivity index (χ0n) is 21.7. The van der Waals surface area contributed by atoms with E-state index in [0.717, 1.165) is 55.1 Å². The molecular formula is C29H43ClN4O2. The Labute approximate surface area is 222 Å². The van der Waals surface area contributed by atoms with Crippen LogP contribution in [0.1, 0.15) is 74.6 Å². The summed E-state index contributed by atoms with van der Waals surface area (Å²) in [5.41, 5.74) is 1.56. The minimum Gasteiger partial charge on any atom is -0.361 e. The molecule has 2 N–H and O–H groups in total. The van der Waals surface area contributed by atoms with E-state index in [1.807, 2.05) is 35.4 Å². The van der Waals surface area contributed by atoms with E-state index in [1.165, 1.54) is 58.0 Å². The van der Waals surface area contributed by atoms with Gasteiger partial charge in [0.25, 0.3) is 5.91 Å². The normalized spacial score (nSPS) is 21.8. The fraction of sp³-hybridized carbons (Fsp3) is 0.655. The van der Waals surface area contributed by atoms with E-state index >= 15 is 0 Å². The molecule has 1 aliphatic carbocycles. The molecular weight excluding hydrogens is 472 g/mol. The zero-order valence-corrected chi connectivity index (χ0v) is 22.5. The van der Waals surface area contributed by atoms with Gasteiger partial charge in [0.1, 0.15) is 6.04 Å². The van der Waals surface area contributed by atoms with Crippen LogP contribution in [0, 0.1) is 17.8 Å². The number of piperidine rings is 2. The van der Waals surface area contributed by atoms with Crippen molar-refractivity contribution in [3.63, 3.8) is 0 Å². The van der Waals surface area contributed by atoms with Gasteiger partial charge in [-0.1, -0.05) is 38.2 Å². The average molecular weight is 515 g/mol. The lowest BCUT2D eigenvalue weighted by atomic mass is 9.78. The molecule has 5 rings (SSSR count). The van der Waals surface area contributed by atoms with E-state index < -0.39 is 6.04 Å². The third-order valence-corrected chi connectivity index (χ3v) is 9.00. The molecule has 0 spiro atoms. The van der Waals surface area contributed by atoms with Crippen molar-refractivity contribution in [3.8, 4) is 0 Å². The molecule has 1 saturated carbocycles. The zero-order chi connectivity index (χ0) is 24.2. The Balaban J connectivity index is 0.00000304. The first kappa shape index (κ1) is 27.0. The second-order valence-corrected chi connectivity index (χ2v) is 11.3. The minimum atomic E-state index is -0.426. The van der Waals surface area contributed by atoms with Crippen LogP contribution in [-0.2, 0) is 4.79 Å². The SMILES string of the molecule is CN1CCC(C2CCN(C(=O)[C@@H](CC3CCCCC3)NC(=O)c3ccc4cc[nH]c4c3)CC2)CC1.Cl. The molecule has 6 nitrogen and oxygen atoms in total. The van der Waals surface area contributed by atoms with Crippen LogP contribution in [0.4, 0.5) is 0 Å². The van der Waals surface area contributed by atoms with Crippen molar-refractivity contribution in [3.05, 3.63) is 36.0 Å². The summed E-state index contributed by atoms with van der Waals surface area (Å²) in [6, 6.07) is 7.29. The van der Waals surface area contributed by atoms with Crippen LogP contribution >= 0.6 is 12.4 Å². The Bertz CT molecular complexity index is 1000. The van der Waals surface area contributed by atoms with Crippen molar-refractivity contribution in [2.75, 3.05) is 33.2 Å². The number of fused-ring (bicyclic) bond motifs is 1.